The van der Waals surface area contributed by atoms with Crippen molar-refractivity contribution in [3.63, 3.8) is 0 Å². The second kappa shape index (κ2) is 4.57. The number of thiocarbonyl (C=S) groups is 1. The van der Waals surface area contributed by atoms with Gasteiger partial charge in [0, 0.05) is 16.6 Å². The Bertz CT molecular complexity index is 689. The van der Waals surface area contributed by atoms with Crippen LogP contribution in [0.3, 0.4) is 0 Å². The molecule has 0 atom stereocenters. The number of pyridine rings is 1. The number of benzene rings is 1. The van der Waals surface area contributed by atoms with Crippen LogP contribution in [0.25, 0.3) is 10.9 Å². The zero-order chi connectivity index (χ0) is 13.6. The van der Waals surface area contributed by atoms with Gasteiger partial charge in [0.15, 0.2) is 0 Å². The van der Waals surface area contributed by atoms with E-state index in [9.17, 15) is 0 Å². The van der Waals surface area contributed by atoms with Gasteiger partial charge in [0.25, 0.3) is 0 Å². The number of nitrogens with zero attached hydrogens (tertiary/aromatic N) is 1. The molecule has 0 aliphatic heterocycles. The molecule has 0 fully saturated rings. The van der Waals surface area contributed by atoms with Crippen LogP contribution >= 0.6 is 12.2 Å². The number of nitrogens with two attached hydrogens (primary N) is 1. The minimum atomic E-state index is 0.510. The van der Waals surface area contributed by atoms with Crippen LogP contribution < -0.4 is 5.73 Å². The lowest BCUT2D eigenvalue weighted by atomic mass is 9.89. The Balaban J connectivity index is 2.46. The third kappa shape index (κ3) is 2.02. The van der Waals surface area contributed by atoms with Crippen molar-refractivity contribution in [1.29, 1.82) is 0 Å². The van der Waals surface area contributed by atoms with Crippen molar-refractivity contribution in [3.8, 4) is 0 Å². The number of hydrogen-bond acceptors (Lipinski definition) is 2. The van der Waals surface area contributed by atoms with Crippen LogP contribution in [0.4, 0.5) is 0 Å². The minimum absolute atomic E-state index is 0.510. The maximum atomic E-state index is 6.01. The van der Waals surface area contributed by atoms with Crippen molar-refractivity contribution >= 4 is 28.1 Å². The van der Waals surface area contributed by atoms with Gasteiger partial charge >= 0.3 is 0 Å². The molecule has 0 amide bonds. The molecule has 2 N–H and O–H groups in total. The normalized spacial score (nSPS) is 14.4. The smallest absolute Gasteiger partial charge is 0.105 e. The highest BCUT2D eigenvalue weighted by Gasteiger charge is 2.20. The lowest BCUT2D eigenvalue weighted by molar-refractivity contribution is 0.670. The molecule has 0 unspecified atom stereocenters. The predicted octanol–water partition coefficient (Wildman–Crippen LogP) is 3.36. The lowest BCUT2D eigenvalue weighted by Gasteiger charge is -2.21. The Kier molecular flexibility index (Phi) is 3.02. The molecular formula is C16H18N2S. The quantitative estimate of drug-likeness (QED) is 0.808. The van der Waals surface area contributed by atoms with Gasteiger partial charge in [-0.15, -0.1) is 0 Å². The first-order valence-corrected chi connectivity index (χ1v) is 7.21. The lowest BCUT2D eigenvalue weighted by Crippen LogP contribution is -2.18. The fourth-order valence-electron chi connectivity index (χ4n) is 3.16. The van der Waals surface area contributed by atoms with Gasteiger partial charge in [-0.1, -0.05) is 23.8 Å². The first-order valence-electron chi connectivity index (χ1n) is 6.80. The van der Waals surface area contributed by atoms with E-state index in [1.54, 1.807) is 0 Å². The second-order valence-corrected chi connectivity index (χ2v) is 5.90. The van der Waals surface area contributed by atoms with Crippen LogP contribution in [0.1, 0.15) is 40.8 Å². The van der Waals surface area contributed by atoms with E-state index >= 15 is 0 Å². The van der Waals surface area contributed by atoms with Gasteiger partial charge in [-0.2, -0.15) is 0 Å². The number of fused-ring (bicyclic) bond motifs is 2. The van der Waals surface area contributed by atoms with Gasteiger partial charge in [0.05, 0.1) is 5.52 Å². The molecule has 1 aliphatic rings. The first kappa shape index (κ1) is 12.5. The summed E-state index contributed by atoms with van der Waals surface area (Å²) < 4.78 is 0. The zero-order valence-electron chi connectivity index (χ0n) is 11.4. The fourth-order valence-corrected chi connectivity index (χ4v) is 3.39. The summed E-state index contributed by atoms with van der Waals surface area (Å²) in [5.74, 6) is 0. The third-order valence-electron chi connectivity index (χ3n) is 3.95. The molecule has 0 spiro atoms. The van der Waals surface area contributed by atoms with Gasteiger partial charge in [0.2, 0.25) is 0 Å². The van der Waals surface area contributed by atoms with E-state index in [2.05, 4.69) is 26.0 Å². The number of aryl methyl sites for hydroxylation is 3. The molecule has 1 aromatic heterocycles. The Hall–Kier alpha value is -1.48. The van der Waals surface area contributed by atoms with Gasteiger partial charge in [0.1, 0.15) is 4.99 Å². The van der Waals surface area contributed by atoms with E-state index < -0.39 is 0 Å². The molecule has 1 heterocycles. The fraction of sp³-hybridized carbons (Fsp3) is 0.375. The van der Waals surface area contributed by atoms with E-state index in [0.29, 0.717) is 4.99 Å². The van der Waals surface area contributed by atoms with Crippen molar-refractivity contribution in [1.82, 2.24) is 4.98 Å². The van der Waals surface area contributed by atoms with Crippen LogP contribution in [-0.4, -0.2) is 9.97 Å². The van der Waals surface area contributed by atoms with Gasteiger partial charge in [-0.25, -0.2) is 0 Å². The van der Waals surface area contributed by atoms with Crippen molar-refractivity contribution in [3.05, 3.63) is 40.1 Å². The monoisotopic (exact) mass is 270 g/mol. The molecule has 3 rings (SSSR count). The topological polar surface area (TPSA) is 38.9 Å². The average Bonchev–Trinajstić information content (AvgIpc) is 2.36. The highest BCUT2D eigenvalue weighted by molar-refractivity contribution is 7.80. The van der Waals surface area contributed by atoms with Crippen LogP contribution in [0.15, 0.2) is 12.1 Å². The van der Waals surface area contributed by atoms with Crippen molar-refractivity contribution in [2.24, 2.45) is 5.73 Å². The molecule has 0 saturated heterocycles. The van der Waals surface area contributed by atoms with Crippen molar-refractivity contribution < 1.29 is 0 Å². The van der Waals surface area contributed by atoms with Crippen LogP contribution in [0, 0.1) is 13.8 Å². The van der Waals surface area contributed by atoms with Gasteiger partial charge < -0.3 is 5.73 Å². The summed E-state index contributed by atoms with van der Waals surface area (Å²) in [6.07, 6.45) is 4.53. The standard InChI is InChI=1S/C16H18N2S/c1-9-7-10(2)15-12(8-9)14(16(17)19)11-5-3-4-6-13(11)18-15/h7-8H,3-6H2,1-2H3,(H2,17,19). The molecular weight excluding hydrogens is 252 g/mol. The highest BCUT2D eigenvalue weighted by Crippen LogP contribution is 2.31. The summed E-state index contributed by atoms with van der Waals surface area (Å²) in [5, 5.41) is 1.13. The van der Waals surface area contributed by atoms with E-state index in [1.165, 1.54) is 35.2 Å². The third-order valence-corrected chi connectivity index (χ3v) is 4.15. The Morgan fingerprint density at radius 2 is 1.95 bits per heavy atom. The molecule has 0 radical (unpaired) electrons. The molecule has 2 nitrogen and oxygen atoms in total. The number of aromatic nitrogens is 1. The number of hydrogen-bond donors (Lipinski definition) is 1. The average molecular weight is 270 g/mol. The Morgan fingerprint density at radius 1 is 1.21 bits per heavy atom. The molecule has 98 valence electrons. The summed E-state index contributed by atoms with van der Waals surface area (Å²) >= 11 is 5.31. The summed E-state index contributed by atoms with van der Waals surface area (Å²) in [4.78, 5) is 5.39. The molecule has 2 aromatic rings. The Labute approximate surface area is 119 Å². The molecule has 0 saturated carbocycles. The molecule has 1 aliphatic carbocycles. The van der Waals surface area contributed by atoms with E-state index in [4.69, 9.17) is 22.9 Å². The van der Waals surface area contributed by atoms with Crippen LogP contribution in [-0.2, 0) is 12.8 Å². The molecule has 3 heteroatoms. The molecule has 0 bridgehead atoms. The summed E-state index contributed by atoms with van der Waals surface area (Å²) in [6.45, 7) is 4.22. The molecule has 19 heavy (non-hydrogen) atoms. The summed E-state index contributed by atoms with van der Waals surface area (Å²) in [7, 11) is 0. The highest BCUT2D eigenvalue weighted by atomic mass is 32.1. The van der Waals surface area contributed by atoms with E-state index in [1.807, 2.05) is 0 Å². The summed E-state index contributed by atoms with van der Waals surface area (Å²) in [5.41, 5.74) is 13.1. The first-order chi connectivity index (χ1) is 9.08. The second-order valence-electron chi connectivity index (χ2n) is 5.46. The molecule has 1 aromatic carbocycles. The van der Waals surface area contributed by atoms with Gasteiger partial charge in [-0.05, 0) is 56.7 Å². The maximum absolute atomic E-state index is 6.01. The van der Waals surface area contributed by atoms with Crippen LogP contribution in [0.2, 0.25) is 0 Å². The van der Waals surface area contributed by atoms with Gasteiger partial charge in [-0.3, -0.25) is 4.98 Å². The Morgan fingerprint density at radius 3 is 2.68 bits per heavy atom. The van der Waals surface area contributed by atoms with E-state index in [-0.39, 0.29) is 0 Å². The number of rotatable bonds is 1. The van der Waals surface area contributed by atoms with Crippen molar-refractivity contribution in [2.75, 3.05) is 0 Å². The largest absolute Gasteiger partial charge is 0.389 e. The van der Waals surface area contributed by atoms with Crippen LogP contribution in [0.5, 0.6) is 0 Å². The predicted molar refractivity (Wildman–Crippen MR) is 83.7 cm³/mol. The summed E-state index contributed by atoms with van der Waals surface area (Å²) in [6, 6.07) is 4.34. The van der Waals surface area contributed by atoms with Crippen molar-refractivity contribution in [2.45, 2.75) is 39.5 Å². The maximum Gasteiger partial charge on any atom is 0.105 e. The minimum Gasteiger partial charge on any atom is -0.389 e. The zero-order valence-corrected chi connectivity index (χ0v) is 12.2. The SMILES string of the molecule is Cc1cc(C)c2nc3c(c(C(N)=S)c2c1)CCCC3. The van der Waals surface area contributed by atoms with E-state index in [0.717, 1.165) is 29.3 Å².